The summed E-state index contributed by atoms with van der Waals surface area (Å²) < 4.78 is 28.1. The molecule has 0 unspecified atom stereocenters. The summed E-state index contributed by atoms with van der Waals surface area (Å²) in [7, 11) is -1.52. The van der Waals surface area contributed by atoms with Crippen LogP contribution in [-0.4, -0.2) is 49.6 Å². The summed E-state index contributed by atoms with van der Waals surface area (Å²) in [6.45, 7) is 2.09. The number of anilines is 1. The van der Waals surface area contributed by atoms with E-state index in [0.29, 0.717) is 24.7 Å². The number of aromatic amines is 1. The van der Waals surface area contributed by atoms with Crippen LogP contribution >= 0.6 is 0 Å². The van der Waals surface area contributed by atoms with Gasteiger partial charge in [-0.25, -0.2) is 0 Å². The third-order valence-corrected chi connectivity index (χ3v) is 4.69. The number of rotatable bonds is 5. The molecule has 0 amide bonds. The molecule has 0 aromatic carbocycles. The third kappa shape index (κ3) is 3.21. The standard InChI is InChI=1S/C10H19N5O2S/c1-11-6-9-2-4-15(5-3-9)18(16,17)14-10-7-12-13-8-10/h7-9,11,14H,2-6H2,1H3,(H,12,13). The fraction of sp³-hybridized carbons (Fsp3) is 0.700. The molecular formula is C10H19N5O2S. The molecule has 1 fully saturated rings. The van der Waals surface area contributed by atoms with Gasteiger partial charge in [-0.2, -0.15) is 17.8 Å². The van der Waals surface area contributed by atoms with Crippen LogP contribution in [0.5, 0.6) is 0 Å². The van der Waals surface area contributed by atoms with Gasteiger partial charge in [0.15, 0.2) is 0 Å². The van der Waals surface area contributed by atoms with Crippen LogP contribution in [0.15, 0.2) is 12.4 Å². The van der Waals surface area contributed by atoms with Gasteiger partial charge in [0.2, 0.25) is 0 Å². The Morgan fingerprint density at radius 2 is 2.22 bits per heavy atom. The highest BCUT2D eigenvalue weighted by atomic mass is 32.2. The summed E-state index contributed by atoms with van der Waals surface area (Å²) in [6.07, 6.45) is 4.76. The van der Waals surface area contributed by atoms with E-state index in [1.165, 1.54) is 16.7 Å². The largest absolute Gasteiger partial charge is 0.319 e. The second kappa shape index (κ2) is 5.68. The molecule has 7 nitrogen and oxygen atoms in total. The van der Waals surface area contributed by atoms with Crippen molar-refractivity contribution in [3.05, 3.63) is 12.4 Å². The van der Waals surface area contributed by atoms with Gasteiger partial charge in [-0.05, 0) is 32.4 Å². The van der Waals surface area contributed by atoms with E-state index in [2.05, 4.69) is 20.2 Å². The molecule has 0 spiro atoms. The molecule has 1 saturated heterocycles. The molecule has 1 aromatic rings. The van der Waals surface area contributed by atoms with Gasteiger partial charge in [0.25, 0.3) is 0 Å². The predicted molar refractivity (Wildman–Crippen MR) is 69.4 cm³/mol. The summed E-state index contributed by atoms with van der Waals surface area (Å²) in [5, 5.41) is 9.42. The van der Waals surface area contributed by atoms with E-state index < -0.39 is 10.2 Å². The minimum Gasteiger partial charge on any atom is -0.319 e. The van der Waals surface area contributed by atoms with Crippen LogP contribution in [-0.2, 0) is 10.2 Å². The van der Waals surface area contributed by atoms with E-state index in [9.17, 15) is 8.42 Å². The lowest BCUT2D eigenvalue weighted by Gasteiger charge is -2.30. The van der Waals surface area contributed by atoms with Gasteiger partial charge in [-0.15, -0.1) is 0 Å². The Balaban J connectivity index is 1.92. The monoisotopic (exact) mass is 273 g/mol. The molecule has 0 radical (unpaired) electrons. The van der Waals surface area contributed by atoms with Crippen molar-refractivity contribution in [2.75, 3.05) is 31.4 Å². The van der Waals surface area contributed by atoms with Crippen molar-refractivity contribution in [3.63, 3.8) is 0 Å². The second-order valence-corrected chi connectivity index (χ2v) is 6.16. The fourth-order valence-electron chi connectivity index (χ4n) is 2.16. The Morgan fingerprint density at radius 1 is 1.50 bits per heavy atom. The quantitative estimate of drug-likeness (QED) is 0.704. The Labute approximate surface area is 107 Å². The van der Waals surface area contributed by atoms with Crippen LogP contribution in [0.1, 0.15) is 12.8 Å². The molecule has 18 heavy (non-hydrogen) atoms. The Bertz CT molecular complexity index is 451. The maximum atomic E-state index is 12.1. The fourth-order valence-corrected chi connectivity index (χ4v) is 3.39. The molecule has 1 aliphatic rings. The molecule has 2 heterocycles. The lowest BCUT2D eigenvalue weighted by molar-refractivity contribution is 0.272. The van der Waals surface area contributed by atoms with E-state index >= 15 is 0 Å². The molecule has 0 bridgehead atoms. The molecular weight excluding hydrogens is 254 g/mol. The van der Waals surface area contributed by atoms with E-state index in [0.717, 1.165) is 19.4 Å². The maximum Gasteiger partial charge on any atom is 0.301 e. The molecule has 1 aliphatic heterocycles. The van der Waals surface area contributed by atoms with Gasteiger partial charge in [0.1, 0.15) is 0 Å². The van der Waals surface area contributed by atoms with Gasteiger partial charge < -0.3 is 5.32 Å². The highest BCUT2D eigenvalue weighted by Crippen LogP contribution is 2.20. The minimum absolute atomic E-state index is 0.465. The van der Waals surface area contributed by atoms with Crippen molar-refractivity contribution in [1.29, 1.82) is 0 Å². The van der Waals surface area contributed by atoms with Crippen LogP contribution in [0.3, 0.4) is 0 Å². The first-order chi connectivity index (χ1) is 8.62. The summed E-state index contributed by atoms with van der Waals surface area (Å²) in [4.78, 5) is 0. The number of hydrogen-bond donors (Lipinski definition) is 3. The molecule has 0 atom stereocenters. The first kappa shape index (κ1) is 13.3. The van der Waals surface area contributed by atoms with Crippen LogP contribution in [0, 0.1) is 5.92 Å². The molecule has 0 saturated carbocycles. The Kier molecular flexibility index (Phi) is 4.20. The van der Waals surface area contributed by atoms with Crippen molar-refractivity contribution in [1.82, 2.24) is 19.8 Å². The maximum absolute atomic E-state index is 12.1. The highest BCUT2D eigenvalue weighted by molar-refractivity contribution is 7.90. The van der Waals surface area contributed by atoms with Crippen molar-refractivity contribution >= 4 is 15.9 Å². The molecule has 2 rings (SSSR count). The number of nitrogens with zero attached hydrogens (tertiary/aromatic N) is 2. The van der Waals surface area contributed by atoms with Gasteiger partial charge in [0, 0.05) is 19.3 Å². The number of aromatic nitrogens is 2. The minimum atomic E-state index is -3.44. The number of nitrogens with one attached hydrogen (secondary N) is 3. The lowest BCUT2D eigenvalue weighted by Crippen LogP contribution is -2.43. The van der Waals surface area contributed by atoms with Gasteiger partial charge in [0.05, 0.1) is 11.9 Å². The zero-order chi connectivity index (χ0) is 13.0. The van der Waals surface area contributed by atoms with Gasteiger partial charge in [-0.1, -0.05) is 0 Å². The van der Waals surface area contributed by atoms with Crippen LogP contribution in [0.2, 0.25) is 0 Å². The van der Waals surface area contributed by atoms with E-state index in [4.69, 9.17) is 0 Å². The number of hydrogen-bond acceptors (Lipinski definition) is 4. The molecule has 0 aliphatic carbocycles. The number of piperidine rings is 1. The Hall–Kier alpha value is -1.12. The lowest BCUT2D eigenvalue weighted by atomic mass is 9.98. The topological polar surface area (TPSA) is 90.1 Å². The van der Waals surface area contributed by atoms with Crippen LogP contribution in [0.4, 0.5) is 5.69 Å². The molecule has 1 aromatic heterocycles. The average Bonchev–Trinajstić information content (AvgIpc) is 2.82. The highest BCUT2D eigenvalue weighted by Gasteiger charge is 2.27. The first-order valence-electron chi connectivity index (χ1n) is 6.03. The van der Waals surface area contributed by atoms with E-state index in [1.54, 1.807) is 0 Å². The van der Waals surface area contributed by atoms with Crippen molar-refractivity contribution in [2.45, 2.75) is 12.8 Å². The van der Waals surface area contributed by atoms with Crippen LogP contribution < -0.4 is 10.0 Å². The van der Waals surface area contributed by atoms with Crippen molar-refractivity contribution < 1.29 is 8.42 Å². The zero-order valence-electron chi connectivity index (χ0n) is 10.4. The normalized spacial score (nSPS) is 18.9. The first-order valence-corrected chi connectivity index (χ1v) is 7.47. The third-order valence-electron chi connectivity index (χ3n) is 3.15. The number of H-pyrrole nitrogens is 1. The predicted octanol–water partition coefficient (Wildman–Crippen LogP) is -0.00220. The second-order valence-electron chi connectivity index (χ2n) is 4.49. The molecule has 102 valence electrons. The Morgan fingerprint density at radius 3 is 2.78 bits per heavy atom. The molecule has 3 N–H and O–H groups in total. The van der Waals surface area contributed by atoms with E-state index in [1.807, 2.05) is 7.05 Å². The molecule has 8 heteroatoms. The smallest absolute Gasteiger partial charge is 0.301 e. The van der Waals surface area contributed by atoms with Gasteiger partial charge >= 0.3 is 10.2 Å². The average molecular weight is 273 g/mol. The summed E-state index contributed by atoms with van der Waals surface area (Å²) in [5.41, 5.74) is 0.465. The van der Waals surface area contributed by atoms with Crippen molar-refractivity contribution in [2.24, 2.45) is 5.92 Å². The van der Waals surface area contributed by atoms with Crippen molar-refractivity contribution in [3.8, 4) is 0 Å². The summed E-state index contributed by atoms with van der Waals surface area (Å²) in [6, 6.07) is 0. The SMILES string of the molecule is CNCC1CCN(S(=O)(=O)Nc2cn[nH]c2)CC1. The van der Waals surface area contributed by atoms with E-state index in [-0.39, 0.29) is 0 Å². The van der Waals surface area contributed by atoms with Gasteiger partial charge in [-0.3, -0.25) is 9.82 Å². The summed E-state index contributed by atoms with van der Waals surface area (Å²) in [5.74, 6) is 0.565. The van der Waals surface area contributed by atoms with Crippen LogP contribution in [0.25, 0.3) is 0 Å². The summed E-state index contributed by atoms with van der Waals surface area (Å²) >= 11 is 0. The zero-order valence-corrected chi connectivity index (χ0v) is 11.2.